The summed E-state index contributed by atoms with van der Waals surface area (Å²) in [5, 5.41) is 16.8. The van der Waals surface area contributed by atoms with Crippen LogP contribution in [0.4, 0.5) is 17.1 Å². The van der Waals surface area contributed by atoms with Crippen LogP contribution in [0.3, 0.4) is 0 Å². The number of ether oxygens (including phenoxy) is 1. The van der Waals surface area contributed by atoms with Gasteiger partial charge in [-0.25, -0.2) is 0 Å². The zero-order chi connectivity index (χ0) is 29.5. The second kappa shape index (κ2) is 22.0. The first-order chi connectivity index (χ1) is 18.9. The highest BCUT2D eigenvalue weighted by Gasteiger charge is 1.97. The summed E-state index contributed by atoms with van der Waals surface area (Å²) < 4.78 is 5.68. The van der Waals surface area contributed by atoms with Crippen LogP contribution in [0.5, 0.6) is 11.5 Å². The molecule has 0 aliphatic heterocycles. The number of amides is 1. The standard InChI is InChI=1S/C13H13NO.C8H10N2O.C7H6Cl2.CH4O.CH2O/c1-14-11-6-5-9-13(10-11)15-12-7-3-2-4-8-12;1-9-7-2-4-8(5-3-7)10-6-11;1-5-2-3-6(8)7(9)4-5;2*1-2/h2-10,14H,1H3;2-6,9H,1H3,(H,10,11);2-4H,1H3;2H,1H3;1H2. The van der Waals surface area contributed by atoms with E-state index in [-0.39, 0.29) is 0 Å². The quantitative estimate of drug-likeness (QED) is 0.178. The van der Waals surface area contributed by atoms with Gasteiger partial charge >= 0.3 is 0 Å². The number of hydrogen-bond donors (Lipinski definition) is 4. The molecule has 39 heavy (non-hydrogen) atoms. The molecule has 0 radical (unpaired) electrons. The molecule has 0 bridgehead atoms. The monoisotopic (exact) mass is 571 g/mol. The predicted octanol–water partition coefficient (Wildman–Crippen LogP) is 7.54. The molecule has 0 spiro atoms. The molecule has 208 valence electrons. The Morgan fingerprint density at radius 2 is 1.26 bits per heavy atom. The number of nitrogens with one attached hydrogen (secondary N) is 3. The molecule has 4 aromatic rings. The fraction of sp³-hybridized carbons (Fsp3) is 0.133. The summed E-state index contributed by atoms with van der Waals surface area (Å²) in [5.41, 5.74) is 4.01. The number of carbonyl (C=O) groups excluding carboxylic acids is 2. The zero-order valence-corrected chi connectivity index (χ0v) is 24.0. The highest BCUT2D eigenvalue weighted by atomic mass is 35.5. The van der Waals surface area contributed by atoms with Gasteiger partial charge in [0.2, 0.25) is 6.41 Å². The Morgan fingerprint density at radius 1 is 0.692 bits per heavy atom. The number of aliphatic hydroxyl groups is 1. The highest BCUT2D eigenvalue weighted by Crippen LogP contribution is 2.23. The van der Waals surface area contributed by atoms with Crippen LogP contribution in [-0.4, -0.2) is 39.5 Å². The Labute approximate surface area is 240 Å². The smallest absolute Gasteiger partial charge is 0.211 e. The molecule has 0 saturated carbocycles. The molecule has 1 amide bonds. The van der Waals surface area contributed by atoms with Crippen LogP contribution < -0.4 is 20.7 Å². The van der Waals surface area contributed by atoms with E-state index in [4.69, 9.17) is 37.8 Å². The van der Waals surface area contributed by atoms with Crippen LogP contribution >= 0.6 is 23.2 Å². The molecule has 0 fully saturated rings. The third-order valence-electron chi connectivity index (χ3n) is 4.58. The van der Waals surface area contributed by atoms with Crippen LogP contribution in [0.15, 0.2) is 97.1 Å². The fourth-order valence-corrected chi connectivity index (χ4v) is 3.09. The zero-order valence-electron chi connectivity index (χ0n) is 22.4. The second-order valence-corrected chi connectivity index (χ2v) is 8.01. The van der Waals surface area contributed by atoms with E-state index in [1.165, 1.54) is 0 Å². The first-order valence-electron chi connectivity index (χ1n) is 11.6. The van der Waals surface area contributed by atoms with E-state index < -0.39 is 0 Å². The van der Waals surface area contributed by atoms with Gasteiger partial charge < -0.3 is 30.6 Å². The van der Waals surface area contributed by atoms with Gasteiger partial charge in [-0.15, -0.1) is 0 Å². The van der Waals surface area contributed by atoms with Crippen molar-refractivity contribution in [3.05, 3.63) is 113 Å². The molecular weight excluding hydrogens is 537 g/mol. The number of rotatable bonds is 6. The van der Waals surface area contributed by atoms with E-state index in [9.17, 15) is 4.79 Å². The molecule has 0 aliphatic carbocycles. The van der Waals surface area contributed by atoms with Crippen molar-refractivity contribution in [1.29, 1.82) is 0 Å². The summed E-state index contributed by atoms with van der Waals surface area (Å²) in [6.07, 6.45) is 0.661. The number of hydrogen-bond acceptors (Lipinski definition) is 6. The van der Waals surface area contributed by atoms with Crippen LogP contribution in [0.25, 0.3) is 0 Å². The Balaban J connectivity index is 0.000000537. The maximum atomic E-state index is 10.0. The lowest BCUT2D eigenvalue weighted by Crippen LogP contribution is -1.93. The van der Waals surface area contributed by atoms with E-state index >= 15 is 0 Å². The van der Waals surface area contributed by atoms with Crippen LogP contribution in [0.2, 0.25) is 10.0 Å². The number of benzene rings is 4. The largest absolute Gasteiger partial charge is 0.457 e. The second-order valence-electron chi connectivity index (χ2n) is 7.20. The molecule has 9 heteroatoms. The van der Waals surface area contributed by atoms with Crippen LogP contribution in [0.1, 0.15) is 5.56 Å². The molecule has 4 aromatic carbocycles. The molecule has 0 atom stereocenters. The fourth-order valence-electron chi connectivity index (χ4n) is 2.74. The SMILES string of the molecule is C=O.CNc1ccc(NC=O)cc1.CNc1cccc(Oc2ccccc2)c1.CO.Cc1ccc(Cl)c(Cl)c1. The third kappa shape index (κ3) is 15.1. The summed E-state index contributed by atoms with van der Waals surface area (Å²) >= 11 is 11.3. The maximum Gasteiger partial charge on any atom is 0.211 e. The van der Waals surface area contributed by atoms with E-state index in [0.717, 1.165) is 41.2 Å². The van der Waals surface area contributed by atoms with Crippen molar-refractivity contribution < 1.29 is 19.4 Å². The van der Waals surface area contributed by atoms with Crippen molar-refractivity contribution in [2.75, 3.05) is 37.2 Å². The Kier molecular flexibility index (Phi) is 19.7. The number of aliphatic hydroxyl groups excluding tert-OH is 1. The van der Waals surface area contributed by atoms with Crippen molar-refractivity contribution >= 4 is 53.5 Å². The van der Waals surface area contributed by atoms with Crippen molar-refractivity contribution in [1.82, 2.24) is 0 Å². The highest BCUT2D eigenvalue weighted by molar-refractivity contribution is 6.42. The van der Waals surface area contributed by atoms with Gasteiger partial charge in [0.25, 0.3) is 0 Å². The molecule has 0 saturated heterocycles. The van der Waals surface area contributed by atoms with Gasteiger partial charge in [0.05, 0.1) is 10.0 Å². The van der Waals surface area contributed by atoms with Crippen molar-refractivity contribution in [2.24, 2.45) is 0 Å². The van der Waals surface area contributed by atoms with Gasteiger partial charge in [0.1, 0.15) is 18.3 Å². The maximum absolute atomic E-state index is 10.0. The van der Waals surface area contributed by atoms with Crippen LogP contribution in [-0.2, 0) is 9.59 Å². The lowest BCUT2D eigenvalue weighted by atomic mass is 10.2. The third-order valence-corrected chi connectivity index (χ3v) is 5.31. The molecule has 0 unspecified atom stereocenters. The number of para-hydroxylation sites is 1. The lowest BCUT2D eigenvalue weighted by Gasteiger charge is -2.06. The van der Waals surface area contributed by atoms with Gasteiger partial charge in [-0.1, -0.05) is 53.5 Å². The minimum atomic E-state index is 0.613. The lowest BCUT2D eigenvalue weighted by molar-refractivity contribution is -0.105. The number of halogens is 2. The summed E-state index contributed by atoms with van der Waals surface area (Å²) in [4.78, 5) is 18.0. The van der Waals surface area contributed by atoms with Gasteiger partial charge in [-0.05, 0) is 73.2 Å². The van der Waals surface area contributed by atoms with E-state index in [1.54, 1.807) is 6.07 Å². The van der Waals surface area contributed by atoms with Gasteiger partial charge in [-0.3, -0.25) is 4.79 Å². The minimum absolute atomic E-state index is 0.613. The number of aryl methyl sites for hydroxylation is 1. The summed E-state index contributed by atoms with van der Waals surface area (Å²) in [5.74, 6) is 1.69. The predicted molar refractivity (Wildman–Crippen MR) is 165 cm³/mol. The Hall–Kier alpha value is -4.04. The Bertz CT molecular complexity index is 1190. The molecule has 4 N–H and O–H groups in total. The molecule has 0 heterocycles. The minimum Gasteiger partial charge on any atom is -0.457 e. The first kappa shape index (κ1) is 35.0. The first-order valence-corrected chi connectivity index (χ1v) is 12.3. The van der Waals surface area contributed by atoms with Crippen molar-refractivity contribution in [3.8, 4) is 11.5 Å². The van der Waals surface area contributed by atoms with Gasteiger partial charge in [0, 0.05) is 44.3 Å². The number of anilines is 3. The molecule has 7 nitrogen and oxygen atoms in total. The van der Waals surface area contributed by atoms with E-state index in [1.807, 2.05) is 119 Å². The summed E-state index contributed by atoms with van der Waals surface area (Å²) in [6, 6.07) is 30.6. The van der Waals surface area contributed by atoms with Gasteiger partial charge in [0.15, 0.2) is 0 Å². The van der Waals surface area contributed by atoms with Gasteiger partial charge in [-0.2, -0.15) is 0 Å². The van der Waals surface area contributed by atoms with Crippen LogP contribution in [0, 0.1) is 6.92 Å². The Morgan fingerprint density at radius 3 is 1.77 bits per heavy atom. The molecular formula is C30H35Cl2N3O4. The molecule has 4 rings (SSSR count). The summed E-state index contributed by atoms with van der Waals surface area (Å²) in [7, 11) is 4.74. The summed E-state index contributed by atoms with van der Waals surface area (Å²) in [6.45, 7) is 3.97. The van der Waals surface area contributed by atoms with Crippen molar-refractivity contribution in [3.63, 3.8) is 0 Å². The van der Waals surface area contributed by atoms with E-state index in [2.05, 4.69) is 16.0 Å². The van der Waals surface area contributed by atoms with E-state index in [0.29, 0.717) is 16.5 Å². The normalized spacial score (nSPS) is 8.69. The average Bonchev–Trinajstić information content (AvgIpc) is 2.99. The number of carbonyl (C=O) groups is 2. The molecule has 0 aromatic heterocycles. The topological polar surface area (TPSA) is 99.7 Å². The average molecular weight is 573 g/mol. The molecule has 0 aliphatic rings. The van der Waals surface area contributed by atoms with Crippen molar-refractivity contribution in [2.45, 2.75) is 6.92 Å².